The maximum Gasteiger partial charge on any atom is 0.0832 e. The third-order valence-electron chi connectivity index (χ3n) is 2.14. The lowest BCUT2D eigenvalue weighted by Crippen LogP contribution is -2.06. The van der Waals surface area contributed by atoms with E-state index in [4.69, 9.17) is 0 Å². The molecule has 2 aromatic heterocycles. The third-order valence-corrected chi connectivity index (χ3v) is 2.14. The van der Waals surface area contributed by atoms with Crippen molar-refractivity contribution >= 4 is 0 Å². The standard InChI is InChI=1S/C11H14N4/c1-9-4-14-15(8-9)11-3-10(5-12-2)6-13-7-11/h3-4,6-8,12H,5H2,1-2H3. The highest BCUT2D eigenvalue weighted by molar-refractivity contribution is 5.31. The first-order valence-corrected chi connectivity index (χ1v) is 4.90. The number of pyridine rings is 1. The molecular weight excluding hydrogens is 188 g/mol. The monoisotopic (exact) mass is 202 g/mol. The highest BCUT2D eigenvalue weighted by Crippen LogP contribution is 2.08. The largest absolute Gasteiger partial charge is 0.316 e. The van der Waals surface area contributed by atoms with Crippen LogP contribution in [0.4, 0.5) is 0 Å². The second-order valence-corrected chi connectivity index (χ2v) is 3.54. The lowest BCUT2D eigenvalue weighted by molar-refractivity contribution is 0.804. The summed E-state index contributed by atoms with van der Waals surface area (Å²) in [4.78, 5) is 4.19. The van der Waals surface area contributed by atoms with Crippen LogP contribution in [0.2, 0.25) is 0 Å². The van der Waals surface area contributed by atoms with E-state index in [1.807, 2.05) is 43.4 Å². The molecule has 0 spiro atoms. The van der Waals surface area contributed by atoms with Crippen molar-refractivity contribution in [2.24, 2.45) is 0 Å². The Bertz CT molecular complexity index is 447. The number of nitrogens with zero attached hydrogens (tertiary/aromatic N) is 3. The van der Waals surface area contributed by atoms with Gasteiger partial charge >= 0.3 is 0 Å². The molecule has 0 aliphatic heterocycles. The van der Waals surface area contributed by atoms with Crippen molar-refractivity contribution in [3.63, 3.8) is 0 Å². The van der Waals surface area contributed by atoms with Crippen LogP contribution in [-0.2, 0) is 6.54 Å². The van der Waals surface area contributed by atoms with Crippen LogP contribution < -0.4 is 5.32 Å². The maximum absolute atomic E-state index is 4.24. The van der Waals surface area contributed by atoms with Crippen molar-refractivity contribution in [3.8, 4) is 5.69 Å². The summed E-state index contributed by atoms with van der Waals surface area (Å²) >= 11 is 0. The van der Waals surface area contributed by atoms with Crippen molar-refractivity contribution in [2.75, 3.05) is 7.05 Å². The van der Waals surface area contributed by atoms with Gasteiger partial charge in [0.25, 0.3) is 0 Å². The van der Waals surface area contributed by atoms with Gasteiger partial charge in [0.1, 0.15) is 0 Å². The number of rotatable bonds is 3. The molecule has 78 valence electrons. The molecule has 0 aliphatic carbocycles. The molecule has 0 aromatic carbocycles. The zero-order chi connectivity index (χ0) is 10.7. The smallest absolute Gasteiger partial charge is 0.0832 e. The molecule has 2 aromatic rings. The molecule has 0 unspecified atom stereocenters. The van der Waals surface area contributed by atoms with E-state index in [9.17, 15) is 0 Å². The number of aromatic nitrogens is 3. The quantitative estimate of drug-likeness (QED) is 0.815. The van der Waals surface area contributed by atoms with Gasteiger partial charge in [-0.05, 0) is 31.2 Å². The van der Waals surface area contributed by atoms with Gasteiger partial charge in [-0.1, -0.05) is 0 Å². The van der Waals surface area contributed by atoms with Gasteiger partial charge in [-0.2, -0.15) is 5.10 Å². The van der Waals surface area contributed by atoms with Crippen molar-refractivity contribution in [3.05, 3.63) is 42.0 Å². The fourth-order valence-electron chi connectivity index (χ4n) is 1.45. The van der Waals surface area contributed by atoms with Crippen LogP contribution >= 0.6 is 0 Å². The Morgan fingerprint density at radius 1 is 1.33 bits per heavy atom. The first kappa shape index (κ1) is 9.86. The number of aryl methyl sites for hydroxylation is 1. The normalized spacial score (nSPS) is 10.5. The topological polar surface area (TPSA) is 42.7 Å². The van der Waals surface area contributed by atoms with E-state index in [1.165, 1.54) is 0 Å². The van der Waals surface area contributed by atoms with Crippen molar-refractivity contribution in [1.29, 1.82) is 0 Å². The molecule has 15 heavy (non-hydrogen) atoms. The number of hydrogen-bond acceptors (Lipinski definition) is 3. The Labute approximate surface area is 89.0 Å². The van der Waals surface area contributed by atoms with Crippen LogP contribution in [-0.4, -0.2) is 21.8 Å². The Hall–Kier alpha value is -1.68. The summed E-state index contributed by atoms with van der Waals surface area (Å²) in [5.41, 5.74) is 3.30. The minimum atomic E-state index is 0.821. The van der Waals surface area contributed by atoms with Gasteiger partial charge in [0, 0.05) is 18.9 Å². The molecule has 2 rings (SSSR count). The van der Waals surface area contributed by atoms with E-state index in [0.717, 1.165) is 23.4 Å². The predicted octanol–water partition coefficient (Wildman–Crippen LogP) is 1.30. The first-order valence-electron chi connectivity index (χ1n) is 4.90. The van der Waals surface area contributed by atoms with E-state index in [-0.39, 0.29) is 0 Å². The summed E-state index contributed by atoms with van der Waals surface area (Å²) < 4.78 is 1.83. The van der Waals surface area contributed by atoms with Gasteiger partial charge in [-0.25, -0.2) is 4.68 Å². The van der Waals surface area contributed by atoms with Gasteiger partial charge in [-0.15, -0.1) is 0 Å². The van der Waals surface area contributed by atoms with E-state index in [2.05, 4.69) is 21.5 Å². The molecule has 0 aliphatic rings. The fourth-order valence-corrected chi connectivity index (χ4v) is 1.45. The van der Waals surface area contributed by atoms with E-state index < -0.39 is 0 Å². The van der Waals surface area contributed by atoms with Gasteiger partial charge in [0.05, 0.1) is 18.1 Å². The maximum atomic E-state index is 4.24. The molecule has 4 heteroatoms. The SMILES string of the molecule is CNCc1cncc(-n2cc(C)cn2)c1. The molecule has 0 saturated carbocycles. The number of hydrogen-bond donors (Lipinski definition) is 1. The van der Waals surface area contributed by atoms with Crippen LogP contribution in [0, 0.1) is 6.92 Å². The molecule has 0 bridgehead atoms. The second kappa shape index (κ2) is 4.23. The van der Waals surface area contributed by atoms with Crippen LogP contribution in [0.15, 0.2) is 30.9 Å². The van der Waals surface area contributed by atoms with Gasteiger partial charge < -0.3 is 5.32 Å². The van der Waals surface area contributed by atoms with Crippen molar-refractivity contribution < 1.29 is 0 Å². The van der Waals surface area contributed by atoms with Crippen LogP contribution in [0.5, 0.6) is 0 Å². The predicted molar refractivity (Wildman–Crippen MR) is 58.9 cm³/mol. The molecule has 0 amide bonds. The van der Waals surface area contributed by atoms with Crippen LogP contribution in [0.25, 0.3) is 5.69 Å². The second-order valence-electron chi connectivity index (χ2n) is 3.54. The summed E-state index contributed by atoms with van der Waals surface area (Å²) in [6.07, 6.45) is 7.49. The Balaban J connectivity index is 2.32. The fraction of sp³-hybridized carbons (Fsp3) is 0.273. The molecule has 4 nitrogen and oxygen atoms in total. The highest BCUT2D eigenvalue weighted by Gasteiger charge is 1.99. The molecule has 1 N–H and O–H groups in total. The summed E-state index contributed by atoms with van der Waals surface area (Å²) in [5.74, 6) is 0. The molecular formula is C11H14N4. The summed E-state index contributed by atoms with van der Waals surface area (Å²) in [5, 5.41) is 7.34. The lowest BCUT2D eigenvalue weighted by atomic mass is 10.2. The molecule has 0 radical (unpaired) electrons. The summed E-state index contributed by atoms with van der Waals surface area (Å²) in [7, 11) is 1.92. The Morgan fingerprint density at radius 2 is 2.20 bits per heavy atom. The molecule has 2 heterocycles. The molecule has 0 atom stereocenters. The Morgan fingerprint density at radius 3 is 2.87 bits per heavy atom. The van der Waals surface area contributed by atoms with Gasteiger partial charge in [-0.3, -0.25) is 4.98 Å². The first-order chi connectivity index (χ1) is 7.29. The zero-order valence-corrected chi connectivity index (χ0v) is 8.94. The van der Waals surface area contributed by atoms with E-state index in [1.54, 1.807) is 0 Å². The lowest BCUT2D eigenvalue weighted by Gasteiger charge is -2.03. The van der Waals surface area contributed by atoms with Crippen LogP contribution in [0.3, 0.4) is 0 Å². The Kier molecular flexibility index (Phi) is 2.78. The minimum absolute atomic E-state index is 0.821. The number of nitrogens with one attached hydrogen (secondary N) is 1. The summed E-state index contributed by atoms with van der Waals surface area (Å²) in [6, 6.07) is 2.08. The summed E-state index contributed by atoms with van der Waals surface area (Å²) in [6.45, 7) is 2.84. The minimum Gasteiger partial charge on any atom is -0.316 e. The molecule has 0 fully saturated rings. The van der Waals surface area contributed by atoms with Gasteiger partial charge in [0.2, 0.25) is 0 Å². The average Bonchev–Trinajstić information content (AvgIpc) is 2.66. The van der Waals surface area contributed by atoms with Crippen molar-refractivity contribution in [1.82, 2.24) is 20.1 Å². The molecule has 0 saturated heterocycles. The van der Waals surface area contributed by atoms with Crippen LogP contribution in [0.1, 0.15) is 11.1 Å². The van der Waals surface area contributed by atoms with E-state index >= 15 is 0 Å². The van der Waals surface area contributed by atoms with Gasteiger partial charge in [0.15, 0.2) is 0 Å². The third kappa shape index (κ3) is 2.22. The highest BCUT2D eigenvalue weighted by atomic mass is 15.3. The zero-order valence-electron chi connectivity index (χ0n) is 8.94. The average molecular weight is 202 g/mol. The van der Waals surface area contributed by atoms with Crippen molar-refractivity contribution in [2.45, 2.75) is 13.5 Å². The van der Waals surface area contributed by atoms with E-state index in [0.29, 0.717) is 0 Å².